The van der Waals surface area contributed by atoms with Gasteiger partial charge >= 0.3 is 30.2 Å². The zero-order valence-corrected chi connectivity index (χ0v) is 33.3. The van der Waals surface area contributed by atoms with E-state index in [0.717, 1.165) is 19.3 Å². The van der Waals surface area contributed by atoms with Crippen LogP contribution in [0.4, 0.5) is 0 Å². The molecule has 0 aliphatic rings. The van der Waals surface area contributed by atoms with E-state index < -0.39 is 0 Å². The van der Waals surface area contributed by atoms with Crippen molar-refractivity contribution in [3.05, 3.63) is 145 Å². The van der Waals surface area contributed by atoms with Crippen LogP contribution < -0.4 is 0 Å². The molecular weight excluding hydrogens is 683 g/mol. The summed E-state index contributed by atoms with van der Waals surface area (Å²) in [6, 6.07) is 36.4. The van der Waals surface area contributed by atoms with Crippen molar-refractivity contribution in [2.24, 2.45) is 0 Å². The summed E-state index contributed by atoms with van der Waals surface area (Å²) < 4.78 is 0. The number of fused-ring (bicyclic) bond motifs is 2. The first-order valence-electron chi connectivity index (χ1n) is 14.7. The third-order valence-electron chi connectivity index (χ3n) is 7.89. The fraction of sp³-hybridized carbons (Fsp3) is 0.220. The molecule has 0 aliphatic heterocycles. The first kappa shape index (κ1) is 42.8. The van der Waals surface area contributed by atoms with E-state index in [1.54, 1.807) is 0 Å². The summed E-state index contributed by atoms with van der Waals surface area (Å²) >= 11 is 1.36. The molecule has 0 N–H and O–H groups in total. The maximum absolute atomic E-state index is 3.06. The molecule has 0 saturated heterocycles. The number of benzene rings is 4. The Bertz CT molecular complexity index is 1740. The molecule has 6 aromatic rings. The Morgan fingerprint density at radius 3 is 1.33 bits per heavy atom. The van der Waals surface area contributed by atoms with Crippen molar-refractivity contribution in [3.8, 4) is 22.3 Å². The van der Waals surface area contributed by atoms with Gasteiger partial charge in [0.1, 0.15) is 0 Å². The second kappa shape index (κ2) is 20.1. The summed E-state index contributed by atoms with van der Waals surface area (Å²) in [5.41, 5.74) is 13.6. The Labute approximate surface area is 302 Å². The molecule has 0 bridgehead atoms. The molecule has 0 aliphatic carbocycles. The van der Waals surface area contributed by atoms with Gasteiger partial charge in [-0.15, -0.1) is 81.8 Å². The van der Waals surface area contributed by atoms with Gasteiger partial charge in [-0.3, -0.25) is 0 Å². The number of hydrogen-bond donors (Lipinski definition) is 0. The van der Waals surface area contributed by atoms with E-state index in [1.807, 2.05) is 0 Å². The van der Waals surface area contributed by atoms with Gasteiger partial charge in [0.25, 0.3) is 0 Å². The van der Waals surface area contributed by atoms with Crippen molar-refractivity contribution in [2.45, 2.75) is 60.8 Å². The summed E-state index contributed by atoms with van der Waals surface area (Å²) in [5, 5.41) is 5.48. The van der Waals surface area contributed by atoms with E-state index in [2.05, 4.69) is 145 Å². The summed E-state index contributed by atoms with van der Waals surface area (Å²) in [6.45, 7) is 16.2. The number of rotatable bonds is 5. The molecule has 0 nitrogen and oxygen atoms in total. The first-order chi connectivity index (χ1) is 19.9. The zero-order valence-electron chi connectivity index (χ0n) is 28.2. The van der Waals surface area contributed by atoms with Crippen molar-refractivity contribution in [1.29, 1.82) is 0 Å². The predicted octanol–water partition coefficient (Wildman–Crippen LogP) is 12.4. The topological polar surface area (TPSA) is 0 Å². The average molecular weight is 731 g/mol. The van der Waals surface area contributed by atoms with Crippen LogP contribution in [0.3, 0.4) is 0 Å². The Balaban J connectivity index is 0.000000753. The Kier molecular flexibility index (Phi) is 19.1. The van der Waals surface area contributed by atoms with E-state index in [0.29, 0.717) is 0 Å². The molecule has 6 aromatic carbocycles. The molecule has 0 atom stereocenters. The van der Waals surface area contributed by atoms with Crippen LogP contribution >= 0.6 is 24.8 Å². The average Bonchev–Trinajstić information content (AvgIpc) is 3.60. The van der Waals surface area contributed by atoms with Crippen LogP contribution in [0.25, 0.3) is 43.8 Å². The zero-order chi connectivity index (χ0) is 29.5. The molecule has 0 amide bonds. The summed E-state index contributed by atoms with van der Waals surface area (Å²) in [6.07, 6.45) is 3.29. The monoisotopic (exact) mass is 728 g/mol. The van der Waals surface area contributed by atoms with Crippen molar-refractivity contribution < 1.29 is 23.3 Å². The van der Waals surface area contributed by atoms with Gasteiger partial charge in [0.2, 0.25) is 0 Å². The van der Waals surface area contributed by atoms with E-state index in [9.17, 15) is 0 Å². The van der Waals surface area contributed by atoms with Gasteiger partial charge in [-0.1, -0.05) is 111 Å². The fourth-order valence-corrected chi connectivity index (χ4v) is 5.68. The number of halogens is 2. The third kappa shape index (κ3) is 10.4. The van der Waals surface area contributed by atoms with Gasteiger partial charge in [0.05, 0.1) is 0 Å². The molecule has 0 spiro atoms. The van der Waals surface area contributed by atoms with Gasteiger partial charge in [-0.05, 0) is 55.4 Å². The Hall–Kier alpha value is -2.22. The molecule has 45 heavy (non-hydrogen) atoms. The Morgan fingerprint density at radius 1 is 0.533 bits per heavy atom. The van der Waals surface area contributed by atoms with E-state index >= 15 is 0 Å². The van der Waals surface area contributed by atoms with E-state index in [-0.39, 0.29) is 39.7 Å². The van der Waals surface area contributed by atoms with Crippen LogP contribution in [0.1, 0.15) is 54.2 Å². The predicted molar refractivity (Wildman–Crippen MR) is 205 cm³/mol. The molecule has 6 rings (SSSR count). The van der Waals surface area contributed by atoms with Gasteiger partial charge < -0.3 is 14.9 Å². The van der Waals surface area contributed by atoms with Crippen molar-refractivity contribution in [3.63, 3.8) is 0 Å². The van der Waals surface area contributed by atoms with Crippen LogP contribution in [0.15, 0.2) is 97.1 Å². The molecule has 0 aromatic heterocycles. The maximum atomic E-state index is 3.06. The normalized spacial score (nSPS) is 9.71. The molecule has 0 fully saturated rings. The van der Waals surface area contributed by atoms with E-state index in [4.69, 9.17) is 0 Å². The van der Waals surface area contributed by atoms with Crippen molar-refractivity contribution in [2.75, 3.05) is 0 Å². The standard InChI is InChI=1S/C20H21.C19H19.2CH3.2ClH.Si.Zr/c1-4-15-6-8-17(9-7-15)19-11-14(3)10-18-12-16(5-2)13-20(18)19;1-4-15-5-7-16(8-6-15)18-11-13(2)9-17-10-14(3)12-19(17)18;;;;;;/h6-13H,4-5H2,1-3H3;5-12H,4H2,1-3H3;2*1H3;2*1H;;/q4*-1;;;;. The van der Waals surface area contributed by atoms with E-state index in [1.165, 1.54) is 101 Å². The molecule has 0 unspecified atom stereocenters. The minimum atomic E-state index is 0. The first-order valence-corrected chi connectivity index (χ1v) is 18.9. The summed E-state index contributed by atoms with van der Waals surface area (Å²) in [5.74, 6) is 0. The quantitative estimate of drug-likeness (QED) is 0.122. The molecule has 238 valence electrons. The second-order valence-electron chi connectivity index (χ2n) is 11.0. The van der Waals surface area contributed by atoms with Gasteiger partial charge in [-0.2, -0.15) is 12.1 Å². The number of hydrogen-bond acceptors (Lipinski definition) is 0. The molecular formula is C41H48Cl2SiZr-4. The molecule has 4 heteroatoms. The molecule has 0 heterocycles. The van der Waals surface area contributed by atoms with Gasteiger partial charge in [0.15, 0.2) is 0 Å². The van der Waals surface area contributed by atoms with Crippen molar-refractivity contribution in [1.82, 2.24) is 0 Å². The third-order valence-corrected chi connectivity index (χ3v) is 7.89. The molecule has 2 radical (unpaired) electrons. The van der Waals surface area contributed by atoms with Crippen LogP contribution in [-0.2, 0) is 42.6 Å². The summed E-state index contributed by atoms with van der Waals surface area (Å²) in [7, 11) is 0. The number of aryl methyl sites for hydroxylation is 6. The minimum absolute atomic E-state index is 0. The fourth-order valence-electron chi connectivity index (χ4n) is 5.68. The second-order valence-corrected chi connectivity index (χ2v) is 11.0. The van der Waals surface area contributed by atoms with Gasteiger partial charge in [0, 0.05) is 0 Å². The van der Waals surface area contributed by atoms with Crippen molar-refractivity contribution >= 4 is 53.2 Å². The van der Waals surface area contributed by atoms with Crippen LogP contribution in [-0.4, -0.2) is 6.88 Å². The SMILES string of the molecule is CCc1ccc(-c2cc(C)cc3[cH-]c(C)cc23)cc1.CCc1ccc(-c2cc(C)cc3[cH-]c(CC)cc23)cc1.Cl.Cl.[CH3-].[CH3-].[Si]=[Zr]. The Morgan fingerprint density at radius 2 is 0.933 bits per heavy atom. The van der Waals surface area contributed by atoms with Crippen LogP contribution in [0.5, 0.6) is 0 Å². The molecule has 0 saturated carbocycles. The van der Waals surface area contributed by atoms with Gasteiger partial charge in [-0.25, -0.2) is 0 Å². The summed E-state index contributed by atoms with van der Waals surface area (Å²) in [4.78, 5) is 0. The van der Waals surface area contributed by atoms with Crippen LogP contribution in [0.2, 0.25) is 0 Å². The van der Waals surface area contributed by atoms with Crippen LogP contribution in [0, 0.1) is 35.6 Å².